The van der Waals surface area contributed by atoms with Gasteiger partial charge in [-0.2, -0.15) is 0 Å². The van der Waals surface area contributed by atoms with Gasteiger partial charge in [0.2, 0.25) is 0 Å². The van der Waals surface area contributed by atoms with E-state index in [0.29, 0.717) is 34.3 Å². The number of carbonyl (C=O) groups excluding carboxylic acids is 1. The van der Waals surface area contributed by atoms with Crippen LogP contribution in [0.5, 0.6) is 0 Å². The predicted octanol–water partition coefficient (Wildman–Crippen LogP) is 3.44. The second-order valence-corrected chi connectivity index (χ2v) is 5.02. The van der Waals surface area contributed by atoms with E-state index in [2.05, 4.69) is 10.1 Å². The number of rotatable bonds is 4. The summed E-state index contributed by atoms with van der Waals surface area (Å²) in [6.07, 6.45) is 3.60. The summed E-state index contributed by atoms with van der Waals surface area (Å²) in [5, 5.41) is 4.41. The van der Waals surface area contributed by atoms with Crippen molar-refractivity contribution in [3.63, 3.8) is 0 Å². The Morgan fingerprint density at radius 2 is 2.30 bits per heavy atom. The summed E-state index contributed by atoms with van der Waals surface area (Å²) in [5.41, 5.74) is 1.57. The van der Waals surface area contributed by atoms with Crippen LogP contribution in [-0.2, 0) is 4.74 Å². The molecule has 2 aromatic rings. The van der Waals surface area contributed by atoms with Crippen molar-refractivity contribution in [3.05, 3.63) is 34.8 Å². The van der Waals surface area contributed by atoms with Crippen LogP contribution in [0.1, 0.15) is 41.8 Å². The van der Waals surface area contributed by atoms with Crippen molar-refractivity contribution in [2.75, 3.05) is 6.61 Å². The quantitative estimate of drug-likeness (QED) is 0.638. The average Bonchev–Trinajstić information content (AvgIpc) is 3.19. The zero-order valence-corrected chi connectivity index (χ0v) is 11.7. The van der Waals surface area contributed by atoms with Crippen molar-refractivity contribution in [2.24, 2.45) is 0 Å². The van der Waals surface area contributed by atoms with Gasteiger partial charge in [0.25, 0.3) is 0 Å². The molecule has 0 bridgehead atoms. The predicted molar refractivity (Wildman–Crippen MR) is 72.7 cm³/mol. The Hall–Kier alpha value is -1.88. The van der Waals surface area contributed by atoms with Gasteiger partial charge in [-0.15, -0.1) is 0 Å². The van der Waals surface area contributed by atoms with Gasteiger partial charge in [-0.05, 0) is 31.9 Å². The highest BCUT2D eigenvalue weighted by Gasteiger charge is 2.36. The van der Waals surface area contributed by atoms with Crippen molar-refractivity contribution in [3.8, 4) is 11.3 Å². The van der Waals surface area contributed by atoms with E-state index >= 15 is 0 Å². The second kappa shape index (κ2) is 5.25. The molecule has 1 aliphatic rings. The monoisotopic (exact) mass is 292 g/mol. The molecule has 0 amide bonds. The van der Waals surface area contributed by atoms with Crippen molar-refractivity contribution in [1.29, 1.82) is 0 Å². The minimum atomic E-state index is -0.402. The Balaban J connectivity index is 2.05. The Kier molecular flexibility index (Phi) is 3.44. The normalized spacial score (nSPS) is 14.3. The van der Waals surface area contributed by atoms with Crippen LogP contribution in [0, 0.1) is 0 Å². The summed E-state index contributed by atoms with van der Waals surface area (Å²) in [4.78, 5) is 16.2. The second-order valence-electron chi connectivity index (χ2n) is 4.63. The molecule has 5 nitrogen and oxygen atoms in total. The van der Waals surface area contributed by atoms with Gasteiger partial charge in [0.05, 0.1) is 6.61 Å². The molecule has 1 fully saturated rings. The van der Waals surface area contributed by atoms with Gasteiger partial charge < -0.3 is 9.26 Å². The first-order chi connectivity index (χ1) is 9.70. The third kappa shape index (κ3) is 2.41. The van der Waals surface area contributed by atoms with E-state index in [4.69, 9.17) is 20.9 Å². The van der Waals surface area contributed by atoms with Crippen LogP contribution in [0.4, 0.5) is 0 Å². The molecule has 2 heterocycles. The number of hydrogen-bond donors (Lipinski definition) is 0. The molecule has 0 atom stereocenters. The van der Waals surface area contributed by atoms with E-state index in [1.807, 2.05) is 0 Å². The molecule has 1 saturated carbocycles. The molecule has 20 heavy (non-hydrogen) atoms. The molecule has 0 N–H and O–H groups in total. The first-order valence-corrected chi connectivity index (χ1v) is 6.87. The lowest BCUT2D eigenvalue weighted by Crippen LogP contribution is -2.07. The minimum Gasteiger partial charge on any atom is -0.462 e. The fraction of sp³-hybridized carbons (Fsp3) is 0.357. The molecule has 1 aliphatic carbocycles. The third-order valence-corrected chi connectivity index (χ3v) is 3.37. The van der Waals surface area contributed by atoms with Crippen LogP contribution in [-0.4, -0.2) is 22.7 Å². The highest BCUT2D eigenvalue weighted by Crippen LogP contribution is 2.44. The average molecular weight is 293 g/mol. The standard InChI is InChI=1S/C14H13ClN2O3/c1-2-19-14(18)11-12(9-5-6-10(15)16-7-9)17-20-13(11)8-3-4-8/h5-8H,2-4H2,1H3. The lowest BCUT2D eigenvalue weighted by Gasteiger charge is -2.03. The molecule has 104 valence electrons. The maximum absolute atomic E-state index is 12.2. The van der Waals surface area contributed by atoms with E-state index in [9.17, 15) is 4.79 Å². The SMILES string of the molecule is CCOC(=O)c1c(-c2ccc(Cl)nc2)noc1C1CC1. The molecule has 0 unspecified atom stereocenters. The molecule has 6 heteroatoms. The first-order valence-electron chi connectivity index (χ1n) is 6.49. The van der Waals surface area contributed by atoms with E-state index in [-0.39, 0.29) is 5.92 Å². The Labute approximate surface area is 120 Å². The Bertz CT molecular complexity index is 632. The molecule has 0 radical (unpaired) electrons. The van der Waals surface area contributed by atoms with Crippen LogP contribution in [0.15, 0.2) is 22.9 Å². The van der Waals surface area contributed by atoms with Gasteiger partial charge in [0, 0.05) is 17.7 Å². The highest BCUT2D eigenvalue weighted by molar-refractivity contribution is 6.29. The van der Waals surface area contributed by atoms with Crippen LogP contribution in [0.25, 0.3) is 11.3 Å². The number of ether oxygens (including phenoxy) is 1. The summed E-state index contributed by atoms with van der Waals surface area (Å²) >= 11 is 5.77. The largest absolute Gasteiger partial charge is 0.462 e. The van der Waals surface area contributed by atoms with Gasteiger partial charge in [0.1, 0.15) is 16.4 Å². The van der Waals surface area contributed by atoms with Crippen LogP contribution in [0.2, 0.25) is 5.15 Å². The maximum Gasteiger partial charge on any atom is 0.344 e. The van der Waals surface area contributed by atoms with Crippen molar-refractivity contribution in [2.45, 2.75) is 25.7 Å². The topological polar surface area (TPSA) is 65.2 Å². The van der Waals surface area contributed by atoms with Crippen molar-refractivity contribution >= 4 is 17.6 Å². The summed E-state index contributed by atoms with van der Waals surface area (Å²) in [7, 11) is 0. The number of hydrogen-bond acceptors (Lipinski definition) is 5. The van der Waals surface area contributed by atoms with E-state index in [1.54, 1.807) is 25.3 Å². The fourth-order valence-corrected chi connectivity index (χ4v) is 2.15. The molecule has 3 rings (SSSR count). The number of aromatic nitrogens is 2. The fourth-order valence-electron chi connectivity index (χ4n) is 2.04. The molecule has 0 aliphatic heterocycles. The number of carbonyl (C=O) groups is 1. The number of pyridine rings is 1. The zero-order chi connectivity index (χ0) is 14.1. The Morgan fingerprint density at radius 3 is 2.90 bits per heavy atom. The minimum absolute atomic E-state index is 0.274. The Morgan fingerprint density at radius 1 is 1.50 bits per heavy atom. The third-order valence-electron chi connectivity index (χ3n) is 3.15. The molecule has 0 spiro atoms. The van der Waals surface area contributed by atoms with Gasteiger partial charge in [-0.25, -0.2) is 9.78 Å². The van der Waals surface area contributed by atoms with Gasteiger partial charge in [-0.1, -0.05) is 16.8 Å². The lowest BCUT2D eigenvalue weighted by molar-refractivity contribution is 0.0524. The molecule has 2 aromatic heterocycles. The van der Waals surface area contributed by atoms with Gasteiger partial charge in [-0.3, -0.25) is 0 Å². The molecular weight excluding hydrogens is 280 g/mol. The number of esters is 1. The summed E-state index contributed by atoms with van der Waals surface area (Å²) in [5.74, 6) is 0.491. The van der Waals surface area contributed by atoms with Crippen LogP contribution >= 0.6 is 11.6 Å². The van der Waals surface area contributed by atoms with Gasteiger partial charge in [0.15, 0.2) is 5.76 Å². The van der Waals surface area contributed by atoms with E-state index in [1.165, 1.54) is 0 Å². The highest BCUT2D eigenvalue weighted by atomic mass is 35.5. The van der Waals surface area contributed by atoms with Crippen LogP contribution in [0.3, 0.4) is 0 Å². The van der Waals surface area contributed by atoms with E-state index < -0.39 is 5.97 Å². The molecular formula is C14H13ClN2O3. The summed E-state index contributed by atoms with van der Waals surface area (Å²) < 4.78 is 10.5. The molecule has 0 aromatic carbocycles. The summed E-state index contributed by atoms with van der Waals surface area (Å²) in [6.45, 7) is 2.08. The van der Waals surface area contributed by atoms with Gasteiger partial charge >= 0.3 is 5.97 Å². The number of halogens is 1. The smallest absolute Gasteiger partial charge is 0.344 e. The van der Waals surface area contributed by atoms with E-state index in [0.717, 1.165) is 12.8 Å². The summed E-state index contributed by atoms with van der Waals surface area (Å²) in [6, 6.07) is 3.41. The maximum atomic E-state index is 12.2. The van der Waals surface area contributed by atoms with Crippen molar-refractivity contribution in [1.82, 2.24) is 10.1 Å². The number of nitrogens with zero attached hydrogens (tertiary/aromatic N) is 2. The lowest BCUT2D eigenvalue weighted by atomic mass is 10.1. The molecule has 0 saturated heterocycles. The first kappa shape index (κ1) is 13.1. The van der Waals surface area contributed by atoms with Crippen LogP contribution < -0.4 is 0 Å². The van der Waals surface area contributed by atoms with Crippen molar-refractivity contribution < 1.29 is 14.1 Å². The zero-order valence-electron chi connectivity index (χ0n) is 10.9.